The summed E-state index contributed by atoms with van der Waals surface area (Å²) in [4.78, 5) is 51.9. The Hall–Kier alpha value is -4.39. The second kappa shape index (κ2) is 11.6. The number of hydrogen-bond donors (Lipinski definition) is 0. The minimum absolute atomic E-state index is 0.0426. The zero-order valence-electron chi connectivity index (χ0n) is 26.2. The number of imidazole rings is 2. The summed E-state index contributed by atoms with van der Waals surface area (Å²) in [5.74, 6) is -0.621. The molecule has 0 unspecified atom stereocenters. The van der Waals surface area contributed by atoms with Crippen LogP contribution in [0.3, 0.4) is 0 Å². The summed E-state index contributed by atoms with van der Waals surface area (Å²) in [6.45, 7) is 4.11. The van der Waals surface area contributed by atoms with E-state index in [0.29, 0.717) is 54.3 Å². The number of carbonyl (C=O) groups is 3. The second-order valence-electron chi connectivity index (χ2n) is 12.0. The van der Waals surface area contributed by atoms with Crippen LogP contribution < -0.4 is 0 Å². The normalized spacial score (nSPS) is 14.4. The molecule has 2 aromatic carbocycles. The molecular weight excluding hydrogens is 838 g/mol. The number of benzene rings is 2. The van der Waals surface area contributed by atoms with E-state index in [0.717, 1.165) is 40.8 Å². The fourth-order valence-corrected chi connectivity index (χ4v) is 7.62. The van der Waals surface area contributed by atoms with Gasteiger partial charge in [0.15, 0.2) is 0 Å². The summed E-state index contributed by atoms with van der Waals surface area (Å²) in [6.07, 6.45) is 5.45. The van der Waals surface area contributed by atoms with Crippen LogP contribution in [0.2, 0.25) is 0 Å². The molecule has 0 spiro atoms. The molecule has 6 aromatic rings. The van der Waals surface area contributed by atoms with Crippen LogP contribution in [0.4, 0.5) is 0 Å². The number of fused-ring (bicyclic) bond motifs is 3. The Bertz CT molecular complexity index is 2330. The average Bonchev–Trinajstić information content (AvgIpc) is 3.88. The van der Waals surface area contributed by atoms with Gasteiger partial charge in [0.1, 0.15) is 18.8 Å². The van der Waals surface area contributed by atoms with E-state index in [9.17, 15) is 14.4 Å². The van der Waals surface area contributed by atoms with Crippen LogP contribution in [0.15, 0.2) is 55.2 Å². The maximum absolute atomic E-state index is 13.9. The Morgan fingerprint density at radius 2 is 1.69 bits per heavy atom. The fourth-order valence-electron chi connectivity index (χ4n) is 6.68. The van der Waals surface area contributed by atoms with E-state index in [1.54, 1.807) is 30.1 Å². The summed E-state index contributed by atoms with van der Waals surface area (Å²) < 4.78 is 9.41. The molecule has 0 saturated carbocycles. The van der Waals surface area contributed by atoms with Gasteiger partial charge in [0.2, 0.25) is 5.91 Å². The Morgan fingerprint density at radius 3 is 2.46 bits per heavy atom. The molecule has 0 fully saturated rings. The average molecular weight is 866 g/mol. The molecule has 6 heterocycles. The summed E-state index contributed by atoms with van der Waals surface area (Å²) in [7, 11) is 3.73. The monoisotopic (exact) mass is 866 g/mol. The first kappa shape index (κ1) is 30.9. The molecule has 2 aliphatic rings. The first-order chi connectivity index (χ1) is 23.1. The van der Waals surface area contributed by atoms with Crippen molar-refractivity contribution in [2.45, 2.75) is 26.6 Å². The quantitative estimate of drug-likeness (QED) is 0.177. The number of aromatic nitrogens is 8. The molecule has 0 atom stereocenters. The summed E-state index contributed by atoms with van der Waals surface area (Å²) >= 11 is 4.38. The highest BCUT2D eigenvalue weighted by Crippen LogP contribution is 2.40. The van der Waals surface area contributed by atoms with Crippen molar-refractivity contribution in [3.63, 3.8) is 0 Å². The number of hydrogen-bond acceptors (Lipinski definition) is 7. The number of nitrogens with zero attached hydrogens (tertiary/aromatic N) is 10. The van der Waals surface area contributed by atoms with Gasteiger partial charge in [-0.1, -0.05) is 18.2 Å². The zero-order chi connectivity index (χ0) is 33.4. The van der Waals surface area contributed by atoms with Gasteiger partial charge in [-0.05, 0) is 63.4 Å². The van der Waals surface area contributed by atoms with E-state index < -0.39 is 0 Å². The molecule has 8 rings (SSSR count). The fraction of sp³-hybridized carbons (Fsp3) is 0.242. The molecule has 0 saturated heterocycles. The van der Waals surface area contributed by atoms with E-state index in [1.807, 2.05) is 59.0 Å². The molecule has 48 heavy (non-hydrogen) atoms. The lowest BCUT2D eigenvalue weighted by molar-refractivity contribution is -0.130. The van der Waals surface area contributed by atoms with E-state index in [-0.39, 0.29) is 24.3 Å². The molecule has 13 nitrogen and oxygen atoms in total. The lowest BCUT2D eigenvalue weighted by Gasteiger charge is -2.27. The van der Waals surface area contributed by atoms with E-state index in [1.165, 1.54) is 4.90 Å². The van der Waals surface area contributed by atoms with Gasteiger partial charge in [0.05, 0.1) is 47.2 Å². The lowest BCUT2D eigenvalue weighted by Crippen LogP contribution is -2.36. The SMILES string of the molecule is CC(=O)N1CCn2cnc(-c3ccc4c(c3)c(-c3cn(C)nc3-c3cccc5c3C(=O)N(CCn3cnc(I)c3I)C5=O)nn4C)c2C1. The molecule has 242 valence electrons. The van der Waals surface area contributed by atoms with Gasteiger partial charge in [-0.25, -0.2) is 9.97 Å². The second-order valence-corrected chi connectivity index (χ2v) is 14.0. The van der Waals surface area contributed by atoms with Crippen LogP contribution in [0, 0.1) is 7.40 Å². The number of imide groups is 1. The molecular formula is C33H28I2N10O3. The van der Waals surface area contributed by atoms with Crippen LogP contribution in [-0.2, 0) is 38.5 Å². The van der Waals surface area contributed by atoms with Gasteiger partial charge < -0.3 is 14.0 Å². The molecule has 0 aliphatic carbocycles. The Labute approximate surface area is 301 Å². The summed E-state index contributed by atoms with van der Waals surface area (Å²) in [5.41, 5.74) is 6.95. The first-order valence-corrected chi connectivity index (χ1v) is 17.4. The molecule has 2 aliphatic heterocycles. The number of rotatable bonds is 6. The van der Waals surface area contributed by atoms with Crippen molar-refractivity contribution in [2.24, 2.45) is 14.1 Å². The molecule has 3 amide bonds. The molecule has 0 bridgehead atoms. The maximum Gasteiger partial charge on any atom is 0.262 e. The predicted molar refractivity (Wildman–Crippen MR) is 194 cm³/mol. The third-order valence-electron chi connectivity index (χ3n) is 9.10. The van der Waals surface area contributed by atoms with Crippen LogP contribution in [0.25, 0.3) is 44.7 Å². The van der Waals surface area contributed by atoms with Crippen LogP contribution in [0.5, 0.6) is 0 Å². The Morgan fingerprint density at radius 1 is 0.875 bits per heavy atom. The maximum atomic E-state index is 13.9. The van der Waals surface area contributed by atoms with Crippen molar-refractivity contribution in [2.75, 3.05) is 13.1 Å². The highest BCUT2D eigenvalue weighted by molar-refractivity contribution is 14.1. The number of halogens is 2. The molecule has 0 N–H and O–H groups in total. The van der Waals surface area contributed by atoms with Crippen LogP contribution in [-0.4, -0.2) is 79.3 Å². The van der Waals surface area contributed by atoms with Crippen molar-refractivity contribution in [3.05, 3.63) is 79.5 Å². The topological polar surface area (TPSA) is 129 Å². The van der Waals surface area contributed by atoms with E-state index >= 15 is 0 Å². The third kappa shape index (κ3) is 4.88. The standard InChI is InChI=1S/C33H28I2N10O3/c1-18(46)42-9-10-43-16-36-27(25(43)15-42)19-7-8-24-22(13-19)29(39-41(24)3)23-14-40(2)38-28(23)20-5-4-6-21-26(20)33(48)45(32(21)47)12-11-44-17-37-30(34)31(44)35/h4-8,13-14,16-17H,9-12,15H2,1-3H3. The van der Waals surface area contributed by atoms with Gasteiger partial charge in [0, 0.05) is 75.5 Å². The zero-order valence-corrected chi connectivity index (χ0v) is 30.5. The number of amides is 3. The Kier molecular flexibility index (Phi) is 7.50. The van der Waals surface area contributed by atoms with E-state index in [4.69, 9.17) is 15.2 Å². The predicted octanol–water partition coefficient (Wildman–Crippen LogP) is 4.57. The lowest BCUT2D eigenvalue weighted by atomic mass is 9.96. The van der Waals surface area contributed by atoms with Crippen molar-refractivity contribution in [1.29, 1.82) is 0 Å². The van der Waals surface area contributed by atoms with Crippen LogP contribution >= 0.6 is 45.2 Å². The smallest absolute Gasteiger partial charge is 0.262 e. The van der Waals surface area contributed by atoms with Crippen molar-refractivity contribution in [1.82, 2.24) is 48.5 Å². The molecule has 4 aromatic heterocycles. The highest BCUT2D eigenvalue weighted by Gasteiger charge is 2.38. The first-order valence-electron chi connectivity index (χ1n) is 15.3. The summed E-state index contributed by atoms with van der Waals surface area (Å²) in [5, 5.41) is 10.6. The van der Waals surface area contributed by atoms with Gasteiger partial charge in [-0.3, -0.25) is 28.6 Å². The van der Waals surface area contributed by atoms with Gasteiger partial charge in [0.25, 0.3) is 11.8 Å². The largest absolute Gasteiger partial charge is 0.335 e. The van der Waals surface area contributed by atoms with Crippen LogP contribution in [0.1, 0.15) is 33.3 Å². The number of carbonyl (C=O) groups excluding carboxylic acids is 3. The number of aryl methyl sites for hydroxylation is 2. The highest BCUT2D eigenvalue weighted by atomic mass is 127. The third-order valence-corrected chi connectivity index (χ3v) is 12.1. The minimum Gasteiger partial charge on any atom is -0.335 e. The molecule has 15 heteroatoms. The van der Waals surface area contributed by atoms with Crippen molar-refractivity contribution in [3.8, 4) is 33.8 Å². The van der Waals surface area contributed by atoms with Gasteiger partial charge in [-0.15, -0.1) is 0 Å². The van der Waals surface area contributed by atoms with Crippen molar-refractivity contribution < 1.29 is 14.4 Å². The van der Waals surface area contributed by atoms with E-state index in [2.05, 4.69) is 60.8 Å². The molecule has 0 radical (unpaired) electrons. The Balaban J connectivity index is 1.19. The van der Waals surface area contributed by atoms with Gasteiger partial charge in [-0.2, -0.15) is 10.2 Å². The van der Waals surface area contributed by atoms with Crippen molar-refractivity contribution >= 4 is 73.8 Å². The summed E-state index contributed by atoms with van der Waals surface area (Å²) in [6, 6.07) is 11.5. The minimum atomic E-state index is -0.343. The van der Waals surface area contributed by atoms with Gasteiger partial charge >= 0.3 is 0 Å².